The smallest absolute Gasteiger partial charge is 0.191 e. The number of rotatable bonds is 1. The van der Waals surface area contributed by atoms with Crippen LogP contribution in [0.3, 0.4) is 0 Å². The quantitative estimate of drug-likeness (QED) is 0.808. The van der Waals surface area contributed by atoms with Gasteiger partial charge >= 0.3 is 0 Å². The van der Waals surface area contributed by atoms with E-state index in [1.165, 1.54) is 16.3 Å². The lowest BCUT2D eigenvalue weighted by Crippen LogP contribution is -2.32. The summed E-state index contributed by atoms with van der Waals surface area (Å²) in [6, 6.07) is 15.1. The van der Waals surface area contributed by atoms with Gasteiger partial charge in [0.25, 0.3) is 0 Å². The van der Waals surface area contributed by atoms with Gasteiger partial charge in [-0.25, -0.2) is 0 Å². The number of hydrogen-bond donors (Lipinski definition) is 1. The molecule has 3 heteroatoms. The van der Waals surface area contributed by atoms with Gasteiger partial charge in [0, 0.05) is 7.05 Å². The van der Waals surface area contributed by atoms with Gasteiger partial charge in [0.15, 0.2) is 5.96 Å². The Balaban J connectivity index is 2.13. The van der Waals surface area contributed by atoms with Gasteiger partial charge in [-0.3, -0.25) is 4.99 Å². The van der Waals surface area contributed by atoms with Crippen molar-refractivity contribution in [3.8, 4) is 0 Å². The molecule has 0 aliphatic carbocycles. The molecule has 2 N–H and O–H groups in total. The van der Waals surface area contributed by atoms with Crippen molar-refractivity contribution in [2.75, 3.05) is 13.6 Å². The fourth-order valence-electron chi connectivity index (χ4n) is 2.42. The Hall–Kier alpha value is -2.03. The molecule has 3 nitrogen and oxygen atoms in total. The largest absolute Gasteiger partial charge is 0.370 e. The highest BCUT2D eigenvalue weighted by Crippen LogP contribution is 2.30. The van der Waals surface area contributed by atoms with Crippen LogP contribution in [0, 0.1) is 0 Å². The molecule has 0 saturated carbocycles. The molecular weight excluding hydrogens is 210 g/mol. The van der Waals surface area contributed by atoms with Crippen molar-refractivity contribution in [3.05, 3.63) is 48.0 Å². The molecule has 17 heavy (non-hydrogen) atoms. The fraction of sp³-hybridized carbons (Fsp3) is 0.214. The van der Waals surface area contributed by atoms with Gasteiger partial charge in [-0.15, -0.1) is 0 Å². The van der Waals surface area contributed by atoms with Crippen LogP contribution in [0.4, 0.5) is 0 Å². The van der Waals surface area contributed by atoms with Crippen molar-refractivity contribution in [2.45, 2.75) is 6.04 Å². The summed E-state index contributed by atoms with van der Waals surface area (Å²) in [6.45, 7) is 0.746. The number of hydrogen-bond acceptors (Lipinski definition) is 3. The lowest BCUT2D eigenvalue weighted by Gasteiger charge is -2.22. The molecule has 0 spiro atoms. The second kappa shape index (κ2) is 3.77. The van der Waals surface area contributed by atoms with E-state index in [0.717, 1.165) is 6.54 Å². The highest BCUT2D eigenvalue weighted by atomic mass is 15.3. The summed E-state index contributed by atoms with van der Waals surface area (Å²) in [7, 11) is 2.00. The van der Waals surface area contributed by atoms with Gasteiger partial charge in [-0.05, 0) is 16.3 Å². The molecule has 3 rings (SSSR count). The van der Waals surface area contributed by atoms with Gasteiger partial charge in [0.2, 0.25) is 0 Å². The Kier molecular flexibility index (Phi) is 2.25. The Labute approximate surface area is 101 Å². The molecule has 1 atom stereocenters. The molecule has 0 radical (unpaired) electrons. The molecule has 1 aliphatic heterocycles. The number of guanidine groups is 1. The van der Waals surface area contributed by atoms with Crippen molar-refractivity contribution in [1.29, 1.82) is 0 Å². The van der Waals surface area contributed by atoms with E-state index in [2.05, 4.69) is 47.5 Å². The van der Waals surface area contributed by atoms with Crippen molar-refractivity contribution >= 4 is 16.7 Å². The molecule has 1 aliphatic rings. The molecule has 2 aromatic carbocycles. The number of fused-ring (bicyclic) bond motifs is 1. The minimum atomic E-state index is 0.265. The summed E-state index contributed by atoms with van der Waals surface area (Å²) in [6.07, 6.45) is 0. The number of nitrogens with two attached hydrogens (primary N) is 1. The van der Waals surface area contributed by atoms with Gasteiger partial charge < -0.3 is 10.6 Å². The summed E-state index contributed by atoms with van der Waals surface area (Å²) in [4.78, 5) is 6.35. The van der Waals surface area contributed by atoms with Crippen molar-refractivity contribution in [1.82, 2.24) is 4.90 Å². The van der Waals surface area contributed by atoms with E-state index in [0.29, 0.717) is 5.96 Å². The van der Waals surface area contributed by atoms with E-state index < -0.39 is 0 Å². The van der Waals surface area contributed by atoms with Crippen LogP contribution in [0.1, 0.15) is 11.6 Å². The molecule has 2 aromatic rings. The van der Waals surface area contributed by atoms with Gasteiger partial charge in [0.05, 0.1) is 12.6 Å². The van der Waals surface area contributed by atoms with E-state index in [9.17, 15) is 0 Å². The average molecular weight is 225 g/mol. The third kappa shape index (κ3) is 1.55. The first-order chi connectivity index (χ1) is 8.27. The number of likely N-dealkylation sites (N-methyl/N-ethyl adjacent to an activating group) is 1. The maximum atomic E-state index is 5.83. The fourth-order valence-corrected chi connectivity index (χ4v) is 2.42. The summed E-state index contributed by atoms with van der Waals surface area (Å²) in [5, 5.41) is 2.56. The predicted molar refractivity (Wildman–Crippen MR) is 70.9 cm³/mol. The number of nitrogens with zero attached hydrogens (tertiary/aromatic N) is 2. The highest BCUT2D eigenvalue weighted by Gasteiger charge is 2.24. The average Bonchev–Trinajstić information content (AvgIpc) is 2.69. The molecule has 0 bridgehead atoms. The van der Waals surface area contributed by atoms with E-state index in [1.54, 1.807) is 0 Å². The van der Waals surface area contributed by atoms with Crippen LogP contribution >= 0.6 is 0 Å². The third-order valence-corrected chi connectivity index (χ3v) is 3.44. The van der Waals surface area contributed by atoms with Gasteiger partial charge in [0.1, 0.15) is 0 Å². The Bertz CT molecular complexity index is 584. The first kappa shape index (κ1) is 10.1. The number of aliphatic imine (C=N–C) groups is 1. The standard InChI is InChI=1S/C14H15N3/c1-17-13(9-16-14(17)15)12-8-4-6-10-5-2-3-7-11(10)12/h2-8,13H,9H2,1H3,(H2,15,16). The van der Waals surface area contributed by atoms with Crippen molar-refractivity contribution in [3.63, 3.8) is 0 Å². The first-order valence-corrected chi connectivity index (χ1v) is 5.78. The number of benzene rings is 2. The Morgan fingerprint density at radius 3 is 2.71 bits per heavy atom. The second-order valence-corrected chi connectivity index (χ2v) is 4.39. The second-order valence-electron chi connectivity index (χ2n) is 4.39. The third-order valence-electron chi connectivity index (χ3n) is 3.44. The summed E-state index contributed by atoms with van der Waals surface area (Å²) in [5.74, 6) is 0.628. The van der Waals surface area contributed by atoms with Gasteiger partial charge in [-0.2, -0.15) is 0 Å². The topological polar surface area (TPSA) is 41.6 Å². The molecule has 1 unspecified atom stereocenters. The molecular formula is C14H15N3. The molecule has 1 heterocycles. The Morgan fingerprint density at radius 1 is 1.18 bits per heavy atom. The van der Waals surface area contributed by atoms with Crippen molar-refractivity contribution < 1.29 is 0 Å². The van der Waals surface area contributed by atoms with Crippen LogP contribution in [0.15, 0.2) is 47.5 Å². The molecule has 0 amide bonds. The molecule has 0 aromatic heterocycles. The summed E-state index contributed by atoms with van der Waals surface area (Å²) < 4.78 is 0. The zero-order valence-corrected chi connectivity index (χ0v) is 9.80. The predicted octanol–water partition coefficient (Wildman–Crippen LogP) is 2.14. The van der Waals surface area contributed by atoms with Gasteiger partial charge in [-0.1, -0.05) is 42.5 Å². The lowest BCUT2D eigenvalue weighted by molar-refractivity contribution is 0.416. The zero-order chi connectivity index (χ0) is 11.8. The van der Waals surface area contributed by atoms with E-state index >= 15 is 0 Å². The van der Waals surface area contributed by atoms with Crippen LogP contribution in [0.25, 0.3) is 10.8 Å². The lowest BCUT2D eigenvalue weighted by atomic mass is 9.98. The van der Waals surface area contributed by atoms with E-state index in [-0.39, 0.29) is 6.04 Å². The van der Waals surface area contributed by atoms with E-state index in [4.69, 9.17) is 5.73 Å². The summed E-state index contributed by atoms with van der Waals surface area (Å²) in [5.41, 5.74) is 7.13. The Morgan fingerprint density at radius 2 is 1.94 bits per heavy atom. The monoisotopic (exact) mass is 225 g/mol. The zero-order valence-electron chi connectivity index (χ0n) is 9.80. The van der Waals surface area contributed by atoms with Crippen LogP contribution in [0.5, 0.6) is 0 Å². The van der Waals surface area contributed by atoms with Crippen molar-refractivity contribution in [2.24, 2.45) is 10.7 Å². The first-order valence-electron chi connectivity index (χ1n) is 5.78. The molecule has 0 fully saturated rings. The maximum Gasteiger partial charge on any atom is 0.191 e. The maximum absolute atomic E-state index is 5.83. The minimum absolute atomic E-state index is 0.265. The normalized spacial score (nSPS) is 19.7. The van der Waals surface area contributed by atoms with Crippen LogP contribution in [-0.2, 0) is 0 Å². The van der Waals surface area contributed by atoms with Crippen LogP contribution < -0.4 is 5.73 Å². The highest BCUT2D eigenvalue weighted by molar-refractivity contribution is 5.87. The molecule has 86 valence electrons. The van der Waals surface area contributed by atoms with Crippen LogP contribution in [-0.4, -0.2) is 24.5 Å². The SMILES string of the molecule is CN1C(N)=NCC1c1cccc2ccccc12. The van der Waals surface area contributed by atoms with E-state index in [1.807, 2.05) is 11.9 Å². The summed E-state index contributed by atoms with van der Waals surface area (Å²) >= 11 is 0. The van der Waals surface area contributed by atoms with Crippen LogP contribution in [0.2, 0.25) is 0 Å². The minimum Gasteiger partial charge on any atom is -0.370 e. The molecule has 0 saturated heterocycles.